The van der Waals surface area contributed by atoms with E-state index in [0.29, 0.717) is 28.1 Å². The van der Waals surface area contributed by atoms with Gasteiger partial charge in [0.25, 0.3) is 11.6 Å². The number of aliphatic hydroxyl groups is 1. The van der Waals surface area contributed by atoms with Gasteiger partial charge in [0.1, 0.15) is 0 Å². The van der Waals surface area contributed by atoms with Crippen LogP contribution < -0.4 is 5.32 Å². The Bertz CT molecular complexity index is 928. The van der Waals surface area contributed by atoms with Crippen molar-refractivity contribution in [2.24, 2.45) is 0 Å². The number of nitrogens with one attached hydrogen (secondary N) is 1. The van der Waals surface area contributed by atoms with E-state index in [1.165, 1.54) is 0 Å². The van der Waals surface area contributed by atoms with E-state index < -0.39 is 0 Å². The average molecular weight is 351 g/mol. The van der Waals surface area contributed by atoms with Crippen LogP contribution in [0.3, 0.4) is 0 Å². The van der Waals surface area contributed by atoms with E-state index >= 15 is 0 Å². The Hall–Kier alpha value is -2.73. The zero-order valence-electron chi connectivity index (χ0n) is 14.6. The molecule has 1 aliphatic carbocycles. The summed E-state index contributed by atoms with van der Waals surface area (Å²) in [5.41, 5.74) is 3.14. The van der Waals surface area contributed by atoms with E-state index in [0.717, 1.165) is 31.2 Å². The molecule has 1 saturated carbocycles. The van der Waals surface area contributed by atoms with Crippen LogP contribution in [0, 0.1) is 6.92 Å². The summed E-state index contributed by atoms with van der Waals surface area (Å²) in [6.45, 7) is 1.81. The maximum atomic E-state index is 13.0. The smallest absolute Gasteiger partial charge is 0.259 e. The van der Waals surface area contributed by atoms with Crippen LogP contribution in [-0.4, -0.2) is 33.3 Å². The van der Waals surface area contributed by atoms with E-state index in [4.69, 9.17) is 4.52 Å². The molecule has 2 heterocycles. The molecule has 2 N–H and O–H groups in total. The number of aryl methyl sites for hydroxylation is 1. The van der Waals surface area contributed by atoms with E-state index in [-0.39, 0.29) is 18.1 Å². The van der Waals surface area contributed by atoms with Crippen molar-refractivity contribution in [2.75, 3.05) is 0 Å². The first-order valence-electron chi connectivity index (χ1n) is 8.93. The molecule has 0 bridgehead atoms. The Morgan fingerprint density at radius 2 is 1.92 bits per heavy atom. The fraction of sp³-hybridized carbons (Fsp3) is 0.350. The molecule has 0 unspecified atom stereocenters. The van der Waals surface area contributed by atoms with E-state index in [9.17, 15) is 9.90 Å². The molecule has 134 valence electrons. The average Bonchev–Trinajstić information content (AvgIpc) is 3.04. The third kappa shape index (κ3) is 3.20. The van der Waals surface area contributed by atoms with Crippen molar-refractivity contribution in [3.05, 3.63) is 47.7 Å². The maximum Gasteiger partial charge on any atom is 0.259 e. The molecule has 1 aliphatic rings. The van der Waals surface area contributed by atoms with Crippen LogP contribution in [0.25, 0.3) is 22.4 Å². The molecule has 0 aliphatic heterocycles. The molecule has 0 radical (unpaired) electrons. The Labute approximate surface area is 151 Å². The Kier molecular flexibility index (Phi) is 4.42. The molecule has 0 atom stereocenters. The van der Waals surface area contributed by atoms with Gasteiger partial charge >= 0.3 is 0 Å². The number of nitrogens with zero attached hydrogens (tertiary/aromatic N) is 2. The molecule has 3 aromatic rings. The highest BCUT2D eigenvalue weighted by Gasteiger charge is 2.24. The summed E-state index contributed by atoms with van der Waals surface area (Å²) in [6.07, 6.45) is 2.77. The maximum absolute atomic E-state index is 13.0. The quantitative estimate of drug-likeness (QED) is 0.756. The number of rotatable bonds is 3. The number of fused-ring (bicyclic) bond motifs is 1. The molecule has 6 nitrogen and oxygen atoms in total. The van der Waals surface area contributed by atoms with Crippen molar-refractivity contribution in [1.29, 1.82) is 0 Å². The highest BCUT2D eigenvalue weighted by Crippen LogP contribution is 2.27. The second-order valence-electron chi connectivity index (χ2n) is 6.85. The van der Waals surface area contributed by atoms with Gasteiger partial charge in [-0.2, -0.15) is 0 Å². The van der Waals surface area contributed by atoms with Crippen LogP contribution in [0.1, 0.15) is 41.7 Å². The van der Waals surface area contributed by atoms with E-state index in [1.54, 1.807) is 6.07 Å². The molecule has 1 amide bonds. The normalized spacial score (nSPS) is 20.2. The van der Waals surface area contributed by atoms with Gasteiger partial charge in [-0.15, -0.1) is 0 Å². The Morgan fingerprint density at radius 3 is 2.65 bits per heavy atom. The fourth-order valence-electron chi connectivity index (χ4n) is 3.51. The van der Waals surface area contributed by atoms with Crippen LogP contribution in [0.5, 0.6) is 0 Å². The second-order valence-corrected chi connectivity index (χ2v) is 6.85. The van der Waals surface area contributed by atoms with Crippen molar-refractivity contribution in [2.45, 2.75) is 44.8 Å². The number of benzene rings is 1. The first-order chi connectivity index (χ1) is 12.6. The topological polar surface area (TPSA) is 88.2 Å². The zero-order valence-corrected chi connectivity index (χ0v) is 14.6. The van der Waals surface area contributed by atoms with Gasteiger partial charge in [-0.05, 0) is 38.7 Å². The lowest BCUT2D eigenvalue weighted by molar-refractivity contribution is 0.0869. The molecule has 2 aromatic heterocycles. The Morgan fingerprint density at radius 1 is 1.19 bits per heavy atom. The van der Waals surface area contributed by atoms with Crippen LogP contribution in [0.15, 0.2) is 40.9 Å². The second kappa shape index (κ2) is 6.88. The van der Waals surface area contributed by atoms with Gasteiger partial charge in [-0.25, -0.2) is 4.98 Å². The number of hydrogen-bond acceptors (Lipinski definition) is 5. The fourth-order valence-corrected chi connectivity index (χ4v) is 3.51. The van der Waals surface area contributed by atoms with Crippen LogP contribution in [0.4, 0.5) is 0 Å². The molecule has 26 heavy (non-hydrogen) atoms. The van der Waals surface area contributed by atoms with Crippen LogP contribution in [-0.2, 0) is 0 Å². The van der Waals surface area contributed by atoms with Gasteiger partial charge in [0.05, 0.1) is 28.4 Å². The number of pyridine rings is 1. The molecule has 4 rings (SSSR count). The highest BCUT2D eigenvalue weighted by atomic mass is 16.5. The van der Waals surface area contributed by atoms with Gasteiger partial charge < -0.3 is 14.9 Å². The number of aliphatic hydroxyl groups excluding tert-OH is 1. The summed E-state index contributed by atoms with van der Waals surface area (Å²) in [4.78, 5) is 17.5. The first-order valence-corrected chi connectivity index (χ1v) is 8.93. The predicted molar refractivity (Wildman–Crippen MR) is 97.7 cm³/mol. The lowest BCUT2D eigenvalue weighted by Gasteiger charge is -2.26. The Balaban J connectivity index is 1.70. The number of carbonyl (C=O) groups excluding carboxylic acids is 1. The summed E-state index contributed by atoms with van der Waals surface area (Å²) < 4.78 is 5.33. The third-order valence-electron chi connectivity index (χ3n) is 4.96. The van der Waals surface area contributed by atoms with Crippen molar-refractivity contribution in [3.63, 3.8) is 0 Å². The van der Waals surface area contributed by atoms with Gasteiger partial charge in [-0.1, -0.05) is 35.5 Å². The number of aromatic nitrogens is 2. The number of hydrogen-bond donors (Lipinski definition) is 2. The number of amides is 1. The summed E-state index contributed by atoms with van der Waals surface area (Å²) in [5.74, 6) is -0.151. The summed E-state index contributed by atoms with van der Waals surface area (Å²) in [6, 6.07) is 11.6. The minimum Gasteiger partial charge on any atom is -0.393 e. The monoisotopic (exact) mass is 351 g/mol. The van der Waals surface area contributed by atoms with Crippen molar-refractivity contribution in [1.82, 2.24) is 15.5 Å². The molecular formula is C20H21N3O3. The summed E-state index contributed by atoms with van der Waals surface area (Å²) >= 11 is 0. The lowest BCUT2D eigenvalue weighted by atomic mass is 9.93. The van der Waals surface area contributed by atoms with Crippen molar-refractivity contribution in [3.8, 4) is 11.3 Å². The minimum absolute atomic E-state index is 0.0782. The predicted octanol–water partition coefficient (Wildman–Crippen LogP) is 3.23. The summed E-state index contributed by atoms with van der Waals surface area (Å²) in [7, 11) is 0. The minimum atomic E-state index is -0.249. The largest absolute Gasteiger partial charge is 0.393 e. The van der Waals surface area contributed by atoms with E-state index in [2.05, 4.69) is 15.5 Å². The van der Waals surface area contributed by atoms with E-state index in [1.807, 2.05) is 37.3 Å². The standard InChI is InChI=1S/C20H21N3O3/c1-12-18-16(19(25)21-14-7-9-15(24)10-8-14)11-17(22-20(18)26-23-12)13-5-3-2-4-6-13/h2-6,11,14-15,24H,7-10H2,1H3,(H,21,25). The van der Waals surface area contributed by atoms with Crippen LogP contribution >= 0.6 is 0 Å². The van der Waals surface area contributed by atoms with Crippen molar-refractivity contribution < 1.29 is 14.4 Å². The van der Waals surface area contributed by atoms with Crippen molar-refractivity contribution >= 4 is 17.0 Å². The van der Waals surface area contributed by atoms with Gasteiger partial charge in [0.15, 0.2) is 0 Å². The van der Waals surface area contributed by atoms with Gasteiger partial charge in [0.2, 0.25) is 0 Å². The summed E-state index contributed by atoms with van der Waals surface area (Å²) in [5, 5.41) is 17.4. The lowest BCUT2D eigenvalue weighted by Crippen LogP contribution is -2.38. The molecule has 1 aromatic carbocycles. The van der Waals surface area contributed by atoms with Gasteiger partial charge in [-0.3, -0.25) is 4.79 Å². The molecule has 0 saturated heterocycles. The highest BCUT2D eigenvalue weighted by molar-refractivity contribution is 6.07. The molecular weight excluding hydrogens is 330 g/mol. The molecule has 0 spiro atoms. The molecule has 6 heteroatoms. The third-order valence-corrected chi connectivity index (χ3v) is 4.96. The SMILES string of the molecule is Cc1noc2nc(-c3ccccc3)cc(C(=O)NC3CCC(O)CC3)c12. The molecule has 1 fully saturated rings. The van der Waals surface area contributed by atoms with Gasteiger partial charge in [0, 0.05) is 11.6 Å². The number of carbonyl (C=O) groups is 1. The van der Waals surface area contributed by atoms with Crippen LogP contribution in [0.2, 0.25) is 0 Å². The zero-order chi connectivity index (χ0) is 18.1. The first kappa shape index (κ1) is 16.7.